The predicted octanol–water partition coefficient (Wildman–Crippen LogP) is 33.2. The van der Waals surface area contributed by atoms with Crippen molar-refractivity contribution in [3.05, 3.63) is 106 Å². The molecule has 4 rings (SSSR count). The van der Waals surface area contributed by atoms with Crippen molar-refractivity contribution in [2.24, 2.45) is 0 Å². The normalized spacial score (nSPS) is 11.5. The summed E-state index contributed by atoms with van der Waals surface area (Å²) in [6, 6.07) is 25.9. The van der Waals surface area contributed by atoms with Gasteiger partial charge in [-0.15, -0.1) is 0 Å². The number of rotatable bonds is 76. The molecule has 0 unspecified atom stereocenters. The first-order valence-electron chi connectivity index (χ1n) is 46.7. The van der Waals surface area contributed by atoms with E-state index in [1.807, 2.05) is 0 Å². The summed E-state index contributed by atoms with van der Waals surface area (Å²) in [5.74, 6) is 11.7. The number of hydrogen-bond acceptors (Lipinski definition) is 6. The molecule has 0 heterocycles. The third-order valence-electron chi connectivity index (χ3n) is 21.7. The van der Waals surface area contributed by atoms with Crippen LogP contribution in [0.25, 0.3) is 24.3 Å². The maximum absolute atomic E-state index is 6.76. The lowest BCUT2D eigenvalue weighted by molar-refractivity contribution is 0.234. The minimum atomic E-state index is 0.673. The highest BCUT2D eigenvalue weighted by molar-refractivity contribution is 5.74. The zero-order valence-corrected chi connectivity index (χ0v) is 71.4. The molecule has 0 bridgehead atoms. The fourth-order valence-electron chi connectivity index (χ4n) is 14.6. The molecule has 0 N–H and O–H groups in total. The third kappa shape index (κ3) is 51.3. The van der Waals surface area contributed by atoms with E-state index in [0.29, 0.717) is 39.6 Å². The second-order valence-corrected chi connectivity index (χ2v) is 32.0. The van der Waals surface area contributed by atoms with Gasteiger partial charge in [-0.25, -0.2) is 0 Å². The summed E-state index contributed by atoms with van der Waals surface area (Å²) >= 11 is 0. The standard InChI is InChI=1S/C102H166O6/c1-7-13-19-25-31-37-43-49-55-61-81-103-97-87-95(88-98(104-82-62-56-50-44-38-32-26-20-14-8-2)101(97)107-85-65-59-53-47-41-35-29-23-17-11-5)79-77-93-73-69-91(70-74-93)67-68-92-71-75-94(76-72-92)78-80-96-89-99(105-83-63-57-51-45-39-33-27-21-15-9-3)102(108-86-66-60-54-48-42-36-30-24-18-12-6)100(90-96)106-84-64-58-52-46-40-34-28-22-16-10-4/h69-80,87-90H,7-66,81-86H2,1-6H3/b79-77+,80-78+. The van der Waals surface area contributed by atoms with Gasteiger partial charge < -0.3 is 28.4 Å². The zero-order chi connectivity index (χ0) is 76.6. The lowest BCUT2D eigenvalue weighted by Crippen LogP contribution is -2.07. The Morgan fingerprint density at radius 2 is 0.343 bits per heavy atom. The summed E-state index contributed by atoms with van der Waals surface area (Å²) in [7, 11) is 0. The number of hydrogen-bond donors (Lipinski definition) is 0. The van der Waals surface area contributed by atoms with Crippen molar-refractivity contribution in [3.8, 4) is 46.3 Å². The Kier molecular flexibility index (Phi) is 62.3. The highest BCUT2D eigenvalue weighted by atomic mass is 16.5. The second kappa shape index (κ2) is 70.8. The van der Waals surface area contributed by atoms with E-state index in [1.54, 1.807) is 0 Å². The summed E-state index contributed by atoms with van der Waals surface area (Å²) in [6.45, 7) is 17.9. The molecular formula is C102H166O6. The molecule has 108 heavy (non-hydrogen) atoms. The van der Waals surface area contributed by atoms with E-state index in [-0.39, 0.29) is 0 Å². The van der Waals surface area contributed by atoms with Crippen LogP contribution in [-0.2, 0) is 0 Å². The molecule has 0 saturated heterocycles. The van der Waals surface area contributed by atoms with Crippen LogP contribution in [-0.4, -0.2) is 39.6 Å². The van der Waals surface area contributed by atoms with Crippen molar-refractivity contribution in [2.75, 3.05) is 39.6 Å². The quantitative estimate of drug-likeness (QED) is 0.0249. The summed E-state index contributed by atoms with van der Waals surface area (Å²) < 4.78 is 40.5. The lowest BCUT2D eigenvalue weighted by Gasteiger charge is -2.18. The molecule has 0 fully saturated rings. The Hall–Kier alpha value is -5.28. The maximum atomic E-state index is 6.76. The topological polar surface area (TPSA) is 55.4 Å². The lowest BCUT2D eigenvalue weighted by atomic mass is 10.1. The fraction of sp³-hybridized carbons (Fsp3) is 0.706. The van der Waals surface area contributed by atoms with Crippen LogP contribution in [0.3, 0.4) is 0 Å². The summed E-state index contributed by atoms with van der Waals surface area (Å²) in [4.78, 5) is 0. The summed E-state index contributed by atoms with van der Waals surface area (Å²) in [6.07, 6.45) is 86.7. The van der Waals surface area contributed by atoms with Gasteiger partial charge in [-0.05, 0) is 109 Å². The molecule has 0 aliphatic rings. The van der Waals surface area contributed by atoms with Gasteiger partial charge in [-0.3, -0.25) is 0 Å². The van der Waals surface area contributed by atoms with E-state index < -0.39 is 0 Å². The predicted molar refractivity (Wildman–Crippen MR) is 474 cm³/mol. The monoisotopic (exact) mass is 1490 g/mol. The molecule has 0 radical (unpaired) electrons. The van der Waals surface area contributed by atoms with Crippen molar-refractivity contribution in [1.29, 1.82) is 0 Å². The van der Waals surface area contributed by atoms with Gasteiger partial charge in [0, 0.05) is 11.1 Å². The third-order valence-corrected chi connectivity index (χ3v) is 21.7. The van der Waals surface area contributed by atoms with Crippen LogP contribution in [0.4, 0.5) is 0 Å². The van der Waals surface area contributed by atoms with E-state index in [9.17, 15) is 0 Å². The molecule has 4 aromatic carbocycles. The fourth-order valence-corrected chi connectivity index (χ4v) is 14.6. The Morgan fingerprint density at radius 1 is 0.185 bits per heavy atom. The first-order chi connectivity index (χ1) is 53.5. The molecule has 0 aliphatic heterocycles. The van der Waals surface area contributed by atoms with E-state index >= 15 is 0 Å². The number of benzene rings is 4. The SMILES string of the molecule is CCCCCCCCCCCCOc1cc(/C=C/c2ccc(C#Cc3ccc(/C=C/c4cc(OCCCCCCCCCCCC)c(OCCCCCCCCCCCC)c(OCCCCCCCCCCCC)c4)cc3)cc2)cc(OCCCCCCCCCCCC)c1OCCCCCCCCCCCC. The molecular weight excluding hydrogens is 1320 g/mol. The van der Waals surface area contributed by atoms with Gasteiger partial charge in [0.2, 0.25) is 11.5 Å². The molecule has 0 amide bonds. The van der Waals surface area contributed by atoms with Crippen molar-refractivity contribution >= 4 is 24.3 Å². The minimum Gasteiger partial charge on any atom is -0.490 e. The molecule has 0 aromatic heterocycles. The van der Waals surface area contributed by atoms with Crippen LogP contribution in [0.1, 0.15) is 460 Å². The van der Waals surface area contributed by atoms with Crippen LogP contribution < -0.4 is 28.4 Å². The highest BCUT2D eigenvalue weighted by Gasteiger charge is 2.18. The molecule has 0 aliphatic carbocycles. The van der Waals surface area contributed by atoms with E-state index in [2.05, 4.69) is 150 Å². The Bertz CT molecular complexity index is 2500. The van der Waals surface area contributed by atoms with Crippen molar-refractivity contribution in [3.63, 3.8) is 0 Å². The largest absolute Gasteiger partial charge is 0.490 e. The Morgan fingerprint density at radius 3 is 0.528 bits per heavy atom. The average Bonchev–Trinajstić information content (AvgIpc) is 0.829. The molecule has 4 aromatic rings. The van der Waals surface area contributed by atoms with Crippen LogP contribution >= 0.6 is 0 Å². The van der Waals surface area contributed by atoms with Crippen molar-refractivity contribution in [1.82, 2.24) is 0 Å². The average molecular weight is 1490 g/mol. The van der Waals surface area contributed by atoms with Crippen LogP contribution in [0, 0.1) is 11.8 Å². The minimum absolute atomic E-state index is 0.673. The van der Waals surface area contributed by atoms with E-state index in [4.69, 9.17) is 28.4 Å². The first-order valence-corrected chi connectivity index (χ1v) is 46.7. The smallest absolute Gasteiger partial charge is 0.203 e. The molecule has 6 heteroatoms. The summed E-state index contributed by atoms with van der Waals surface area (Å²) in [5.41, 5.74) is 6.31. The van der Waals surface area contributed by atoms with E-state index in [1.165, 1.54) is 347 Å². The molecule has 610 valence electrons. The van der Waals surface area contributed by atoms with Crippen molar-refractivity contribution in [2.45, 2.75) is 427 Å². The molecule has 0 saturated carbocycles. The first kappa shape index (κ1) is 95.1. The van der Waals surface area contributed by atoms with Crippen LogP contribution in [0.5, 0.6) is 34.5 Å². The van der Waals surface area contributed by atoms with E-state index in [0.717, 1.165) is 106 Å². The van der Waals surface area contributed by atoms with Gasteiger partial charge in [0.1, 0.15) is 0 Å². The van der Waals surface area contributed by atoms with Gasteiger partial charge >= 0.3 is 0 Å². The number of ether oxygens (including phenoxy) is 6. The van der Waals surface area contributed by atoms with Gasteiger partial charge in [0.15, 0.2) is 23.0 Å². The molecule has 0 spiro atoms. The second-order valence-electron chi connectivity index (χ2n) is 32.0. The highest BCUT2D eigenvalue weighted by Crippen LogP contribution is 2.42. The van der Waals surface area contributed by atoms with Gasteiger partial charge in [0.25, 0.3) is 0 Å². The van der Waals surface area contributed by atoms with Crippen molar-refractivity contribution < 1.29 is 28.4 Å². The maximum Gasteiger partial charge on any atom is 0.203 e. The van der Waals surface area contributed by atoms with Gasteiger partial charge in [-0.2, -0.15) is 0 Å². The summed E-state index contributed by atoms with van der Waals surface area (Å²) in [5, 5.41) is 0. The van der Waals surface area contributed by atoms with Gasteiger partial charge in [-0.1, -0.05) is 449 Å². The van der Waals surface area contributed by atoms with Gasteiger partial charge in [0.05, 0.1) is 39.6 Å². The Labute approximate surface area is 667 Å². The zero-order valence-electron chi connectivity index (χ0n) is 71.4. The Balaban J connectivity index is 1.50. The molecule has 0 atom stereocenters. The molecule has 6 nitrogen and oxygen atoms in total. The van der Waals surface area contributed by atoms with Crippen LogP contribution in [0.15, 0.2) is 72.8 Å². The van der Waals surface area contributed by atoms with Crippen LogP contribution in [0.2, 0.25) is 0 Å². The number of unbranched alkanes of at least 4 members (excludes halogenated alkanes) is 54.